The van der Waals surface area contributed by atoms with Gasteiger partial charge in [-0.25, -0.2) is 4.68 Å². The maximum atomic E-state index is 13.6. The number of rotatable bonds is 5. The second-order valence-electron chi connectivity index (χ2n) is 4.04. The second-order valence-corrected chi connectivity index (χ2v) is 4.04. The number of nitrogens with one attached hydrogen (secondary N) is 1. The van der Waals surface area contributed by atoms with Gasteiger partial charge in [0.2, 0.25) is 5.95 Å². The van der Waals surface area contributed by atoms with E-state index in [9.17, 15) is 4.39 Å². The molecule has 6 heteroatoms. The van der Waals surface area contributed by atoms with Gasteiger partial charge in [-0.1, -0.05) is 0 Å². The van der Waals surface area contributed by atoms with Crippen LogP contribution in [-0.4, -0.2) is 29.0 Å². The Morgan fingerprint density at radius 2 is 2.47 bits per heavy atom. The zero-order valence-electron chi connectivity index (χ0n) is 9.99. The summed E-state index contributed by atoms with van der Waals surface area (Å²) in [6.45, 7) is 4.61. The minimum atomic E-state index is -0.234. The van der Waals surface area contributed by atoms with E-state index < -0.39 is 0 Å². The molecule has 1 N–H and O–H groups in total. The van der Waals surface area contributed by atoms with Crippen LogP contribution in [0, 0.1) is 5.95 Å². The van der Waals surface area contributed by atoms with Crippen molar-refractivity contribution in [3.05, 3.63) is 17.7 Å². The topological polar surface area (TPSA) is 39.1 Å². The normalized spacial score (nSPS) is 19.3. The molecule has 17 heavy (non-hydrogen) atoms. The molecule has 1 aromatic heterocycles. The molecule has 1 aliphatic rings. The summed E-state index contributed by atoms with van der Waals surface area (Å²) < 4.78 is 20.4. The van der Waals surface area contributed by atoms with Gasteiger partial charge in [0.15, 0.2) is 0 Å². The fourth-order valence-electron chi connectivity index (χ4n) is 1.92. The molecule has 1 fully saturated rings. The van der Waals surface area contributed by atoms with Crippen LogP contribution in [0.1, 0.15) is 25.3 Å². The fourth-order valence-corrected chi connectivity index (χ4v) is 1.92. The van der Waals surface area contributed by atoms with E-state index in [-0.39, 0.29) is 18.4 Å². The van der Waals surface area contributed by atoms with Crippen molar-refractivity contribution in [2.45, 2.75) is 39.0 Å². The number of nitrogens with zero attached hydrogens (tertiary/aromatic N) is 2. The minimum absolute atomic E-state index is 0. The highest BCUT2D eigenvalue weighted by Gasteiger charge is 2.15. The highest BCUT2D eigenvalue weighted by Crippen LogP contribution is 2.11. The molecule has 4 nitrogen and oxygen atoms in total. The SMILES string of the molecule is CCn1ncc(CNCC2CCCO2)c1F.Cl. The molecule has 1 unspecified atom stereocenters. The van der Waals surface area contributed by atoms with E-state index in [4.69, 9.17) is 4.74 Å². The molecule has 2 rings (SSSR count). The third-order valence-corrected chi connectivity index (χ3v) is 2.86. The summed E-state index contributed by atoms with van der Waals surface area (Å²) in [4.78, 5) is 0. The lowest BCUT2D eigenvalue weighted by Gasteiger charge is -2.09. The van der Waals surface area contributed by atoms with Crippen LogP contribution in [0.3, 0.4) is 0 Å². The summed E-state index contributed by atoms with van der Waals surface area (Å²) >= 11 is 0. The van der Waals surface area contributed by atoms with Crippen molar-refractivity contribution in [1.29, 1.82) is 0 Å². The van der Waals surface area contributed by atoms with Crippen LogP contribution in [0.4, 0.5) is 4.39 Å². The Bertz CT molecular complexity index is 339. The van der Waals surface area contributed by atoms with Gasteiger partial charge in [-0.05, 0) is 19.8 Å². The summed E-state index contributed by atoms with van der Waals surface area (Å²) in [5.41, 5.74) is 0.625. The van der Waals surface area contributed by atoms with E-state index in [1.165, 1.54) is 4.68 Å². The number of hydrogen-bond acceptors (Lipinski definition) is 3. The van der Waals surface area contributed by atoms with Gasteiger partial charge in [0.1, 0.15) is 0 Å². The van der Waals surface area contributed by atoms with E-state index in [0.717, 1.165) is 26.0 Å². The Morgan fingerprint density at radius 1 is 1.65 bits per heavy atom. The van der Waals surface area contributed by atoms with Gasteiger partial charge >= 0.3 is 0 Å². The molecule has 0 amide bonds. The maximum Gasteiger partial charge on any atom is 0.215 e. The quantitative estimate of drug-likeness (QED) is 0.880. The number of halogens is 2. The van der Waals surface area contributed by atoms with Crippen LogP contribution >= 0.6 is 12.4 Å². The zero-order valence-corrected chi connectivity index (χ0v) is 10.8. The summed E-state index contributed by atoms with van der Waals surface area (Å²) in [6.07, 6.45) is 4.11. The molecule has 0 aliphatic carbocycles. The molecule has 1 atom stereocenters. The molecule has 1 aliphatic heterocycles. The first-order chi connectivity index (χ1) is 7.81. The van der Waals surface area contributed by atoms with E-state index >= 15 is 0 Å². The molecule has 0 spiro atoms. The van der Waals surface area contributed by atoms with Crippen LogP contribution in [0.25, 0.3) is 0 Å². The standard InChI is InChI=1S/C11H18FN3O.ClH/c1-2-15-11(12)9(7-14-15)6-13-8-10-4-3-5-16-10;/h7,10,13H,2-6,8H2,1H3;1H. The minimum Gasteiger partial charge on any atom is -0.377 e. The van der Waals surface area contributed by atoms with Crippen LogP contribution in [0.2, 0.25) is 0 Å². The highest BCUT2D eigenvalue weighted by atomic mass is 35.5. The molecule has 0 bridgehead atoms. The Hall–Kier alpha value is -0.650. The van der Waals surface area contributed by atoms with Crippen molar-refractivity contribution < 1.29 is 9.13 Å². The molecule has 1 saturated heterocycles. The van der Waals surface area contributed by atoms with Gasteiger partial charge in [-0.15, -0.1) is 12.4 Å². The Kier molecular flexibility index (Phi) is 5.88. The summed E-state index contributed by atoms with van der Waals surface area (Å²) in [5.74, 6) is -0.234. The molecule has 0 radical (unpaired) electrons. The summed E-state index contributed by atoms with van der Waals surface area (Å²) in [7, 11) is 0. The van der Waals surface area contributed by atoms with Crippen molar-refractivity contribution >= 4 is 12.4 Å². The molecule has 2 heterocycles. The van der Waals surface area contributed by atoms with Gasteiger partial charge in [0.25, 0.3) is 0 Å². The Balaban J connectivity index is 0.00000144. The van der Waals surface area contributed by atoms with Crippen molar-refractivity contribution in [2.24, 2.45) is 0 Å². The lowest BCUT2D eigenvalue weighted by Crippen LogP contribution is -2.26. The Labute approximate surface area is 107 Å². The van der Waals surface area contributed by atoms with Crippen LogP contribution < -0.4 is 5.32 Å². The van der Waals surface area contributed by atoms with Crippen molar-refractivity contribution in [3.8, 4) is 0 Å². The van der Waals surface area contributed by atoms with Gasteiger partial charge in [-0.3, -0.25) is 0 Å². The number of hydrogen-bond donors (Lipinski definition) is 1. The molecule has 1 aromatic rings. The first kappa shape index (κ1) is 14.4. The van der Waals surface area contributed by atoms with Crippen LogP contribution in [0.5, 0.6) is 0 Å². The average Bonchev–Trinajstić information content (AvgIpc) is 2.90. The molecule has 0 aromatic carbocycles. The van der Waals surface area contributed by atoms with E-state index in [1.807, 2.05) is 6.92 Å². The maximum absolute atomic E-state index is 13.6. The van der Waals surface area contributed by atoms with Gasteiger partial charge < -0.3 is 10.1 Å². The van der Waals surface area contributed by atoms with Gasteiger partial charge in [0.05, 0.1) is 12.3 Å². The van der Waals surface area contributed by atoms with E-state index in [1.54, 1.807) is 6.20 Å². The summed E-state index contributed by atoms with van der Waals surface area (Å²) in [5, 5.41) is 7.16. The molecular formula is C11H19ClFN3O. The monoisotopic (exact) mass is 263 g/mol. The third kappa shape index (κ3) is 3.66. The highest BCUT2D eigenvalue weighted by molar-refractivity contribution is 5.85. The van der Waals surface area contributed by atoms with Crippen molar-refractivity contribution in [3.63, 3.8) is 0 Å². The van der Waals surface area contributed by atoms with Crippen molar-refractivity contribution in [1.82, 2.24) is 15.1 Å². The average molecular weight is 264 g/mol. The van der Waals surface area contributed by atoms with E-state index in [2.05, 4.69) is 10.4 Å². The van der Waals surface area contributed by atoms with E-state index in [0.29, 0.717) is 24.8 Å². The smallest absolute Gasteiger partial charge is 0.215 e. The first-order valence-electron chi connectivity index (χ1n) is 5.83. The number of aryl methyl sites for hydroxylation is 1. The number of ether oxygens (including phenoxy) is 1. The summed E-state index contributed by atoms with van der Waals surface area (Å²) in [6, 6.07) is 0. The van der Waals surface area contributed by atoms with Crippen LogP contribution in [0.15, 0.2) is 6.20 Å². The third-order valence-electron chi connectivity index (χ3n) is 2.86. The largest absolute Gasteiger partial charge is 0.377 e. The second kappa shape index (κ2) is 6.93. The Morgan fingerprint density at radius 3 is 3.06 bits per heavy atom. The molecular weight excluding hydrogens is 245 g/mol. The van der Waals surface area contributed by atoms with Crippen molar-refractivity contribution in [2.75, 3.05) is 13.2 Å². The predicted octanol–water partition coefficient (Wildman–Crippen LogP) is 1.73. The molecule has 98 valence electrons. The van der Waals surface area contributed by atoms with Gasteiger partial charge in [-0.2, -0.15) is 9.49 Å². The lowest BCUT2D eigenvalue weighted by atomic mass is 10.2. The van der Waals surface area contributed by atoms with Gasteiger partial charge in [0, 0.05) is 31.8 Å². The molecule has 0 saturated carbocycles. The number of aromatic nitrogens is 2. The first-order valence-corrected chi connectivity index (χ1v) is 5.83. The zero-order chi connectivity index (χ0) is 11.4. The lowest BCUT2D eigenvalue weighted by molar-refractivity contribution is 0.110. The predicted molar refractivity (Wildman–Crippen MR) is 65.8 cm³/mol. The van der Waals surface area contributed by atoms with Crippen LogP contribution in [-0.2, 0) is 17.8 Å². The fraction of sp³-hybridized carbons (Fsp3) is 0.727.